The van der Waals surface area contributed by atoms with Gasteiger partial charge in [0.05, 0.1) is 39.6 Å². The number of rotatable bonds is 32. The number of phosphoric ester groups is 5. The lowest BCUT2D eigenvalue weighted by molar-refractivity contribution is -0.0661. The quantitative estimate of drug-likeness (QED) is 0.0143. The van der Waals surface area contributed by atoms with Gasteiger partial charge >= 0.3 is 73.3 Å². The topological polar surface area (TPSA) is 734 Å². The smallest absolute Gasteiger partial charge is 0.394 e. The van der Waals surface area contributed by atoms with Crippen molar-refractivity contribution in [3.8, 4) is 0 Å². The first kappa shape index (κ1) is 88.3. The second-order valence-electron chi connectivity index (χ2n) is 26.0. The molecule has 62 heteroatoms. The molecule has 12 rings (SSSR count). The van der Waals surface area contributed by atoms with Crippen LogP contribution in [-0.4, -0.2) is 236 Å². The van der Waals surface area contributed by atoms with Crippen LogP contribution in [0.5, 0.6) is 0 Å². The van der Waals surface area contributed by atoms with Crippen LogP contribution in [0.15, 0.2) is 101 Å². The Labute approximate surface area is 646 Å². The number of nitrogens with two attached hydrogens (primary N) is 5. The lowest BCUT2D eigenvalue weighted by atomic mass is 10.1. The number of alkyl halides is 5. The normalized spacial score (nSPS) is 33.1. The molecule has 0 bridgehead atoms. The highest BCUT2D eigenvalue weighted by Crippen LogP contribution is 2.57. The average molecular weight is 1780 g/mol. The van der Waals surface area contributed by atoms with Crippen molar-refractivity contribution in [2.75, 3.05) is 68.3 Å². The summed E-state index contributed by atoms with van der Waals surface area (Å²) in [5.41, 5.74) is 19.6. The maximum absolute atomic E-state index is 17.1. The fourth-order valence-corrected chi connectivity index (χ4v) is 17.4. The molecule has 6 aliphatic heterocycles. The minimum Gasteiger partial charge on any atom is -0.394 e. The maximum atomic E-state index is 17.1. The van der Waals surface area contributed by atoms with Crippen LogP contribution in [0, 0.1) is 6.92 Å². The fraction of sp³-hybridized carbons (Fsp3) is 0.564. The molecule has 0 aromatic carbocycles. The zero-order chi connectivity index (χ0) is 85.0. The number of nitrogen functional groups attached to an aromatic ring is 5. The number of aromatic nitrogens is 12. The maximum Gasteiger partial charge on any atom is 0.472 e. The Morgan fingerprint density at radius 2 is 0.684 bits per heavy atom. The van der Waals surface area contributed by atoms with E-state index in [1.54, 1.807) is 0 Å². The van der Waals surface area contributed by atoms with E-state index in [2.05, 4.69) is 24.9 Å². The van der Waals surface area contributed by atoms with Gasteiger partial charge in [-0.1, -0.05) is 0 Å². The van der Waals surface area contributed by atoms with Crippen molar-refractivity contribution in [3.63, 3.8) is 0 Å². The van der Waals surface area contributed by atoms with Gasteiger partial charge in [0.25, 0.3) is 5.56 Å². The number of ether oxygens (including phenoxy) is 6. The molecule has 18 N–H and O–H groups in total. The van der Waals surface area contributed by atoms with Gasteiger partial charge in [-0.3, -0.25) is 82.4 Å². The second-order valence-corrected chi connectivity index (χ2v) is 33.1. The molecule has 6 aromatic rings. The summed E-state index contributed by atoms with van der Waals surface area (Å²) < 4.78 is 240. The summed E-state index contributed by atoms with van der Waals surface area (Å²) >= 11 is 0. The molecule has 6 aliphatic rings. The highest BCUT2D eigenvalue weighted by atomic mass is 31.2. The summed E-state index contributed by atoms with van der Waals surface area (Å²) in [4.78, 5) is 164. The highest BCUT2D eigenvalue weighted by Gasteiger charge is 2.58. The molecular weight excluding hydrogens is 1710 g/mol. The monoisotopic (exact) mass is 1780 g/mol. The summed E-state index contributed by atoms with van der Waals surface area (Å²) in [6.45, 7) is -6.99. The van der Waals surface area contributed by atoms with Crippen molar-refractivity contribution in [2.24, 2.45) is 0 Å². The van der Waals surface area contributed by atoms with Gasteiger partial charge in [-0.15, -0.1) is 0 Å². The number of halogens is 5. The zero-order valence-electron chi connectivity index (χ0n) is 59.1. The van der Waals surface area contributed by atoms with Crippen molar-refractivity contribution in [3.05, 3.63) is 146 Å². The molecule has 5 unspecified atom stereocenters. The first-order chi connectivity index (χ1) is 54.9. The van der Waals surface area contributed by atoms with Gasteiger partial charge in [-0.05, 0) is 37.3 Å². The lowest BCUT2D eigenvalue weighted by Gasteiger charge is -2.26. The van der Waals surface area contributed by atoms with E-state index in [1.165, 1.54) is 6.92 Å². The van der Waals surface area contributed by atoms with E-state index in [0.717, 1.165) is 72.1 Å². The molecule has 0 aliphatic carbocycles. The van der Waals surface area contributed by atoms with Crippen molar-refractivity contribution < 1.29 is 153 Å². The largest absolute Gasteiger partial charge is 0.472 e. The molecule has 28 atom stereocenters. The van der Waals surface area contributed by atoms with E-state index in [9.17, 15) is 91.1 Å². The molecule has 6 saturated heterocycles. The Morgan fingerprint density at radius 3 is 0.966 bits per heavy atom. The summed E-state index contributed by atoms with van der Waals surface area (Å²) in [7, 11) is -29.7. The number of H-pyrrole nitrogens is 1. The molecule has 6 fully saturated rings. The van der Waals surface area contributed by atoms with E-state index < -0.39 is 290 Å². The summed E-state index contributed by atoms with van der Waals surface area (Å²) in [5.74, 6) is -2.01. The molecular formula is C55H69F5N17O35P5. The predicted octanol–water partition coefficient (Wildman–Crippen LogP) is -3.63. The van der Waals surface area contributed by atoms with Crippen LogP contribution in [0.3, 0.4) is 0 Å². The summed E-state index contributed by atoms with van der Waals surface area (Å²) in [6, 6.07) is 4.84. The van der Waals surface area contributed by atoms with Gasteiger partial charge < -0.3 is 91.8 Å². The van der Waals surface area contributed by atoms with Crippen LogP contribution in [0.1, 0.15) is 49.4 Å². The first-order valence-electron chi connectivity index (χ1n) is 33.7. The number of hydrogen-bond acceptors (Lipinski definition) is 40. The number of phosphoric acid groups is 5. The van der Waals surface area contributed by atoms with E-state index >= 15 is 22.0 Å². The van der Waals surface area contributed by atoms with Crippen LogP contribution in [0.25, 0.3) is 0 Å². The molecule has 6 aromatic heterocycles. The van der Waals surface area contributed by atoms with Gasteiger partial charge in [0.2, 0.25) is 0 Å². The lowest BCUT2D eigenvalue weighted by Crippen LogP contribution is -2.37. The number of aliphatic hydroxyl groups is 2. The Hall–Kier alpha value is -8.04. The van der Waals surface area contributed by atoms with Crippen LogP contribution in [-0.2, 0) is 96.5 Å². The van der Waals surface area contributed by atoms with Crippen LogP contribution >= 0.6 is 39.1 Å². The van der Waals surface area contributed by atoms with Crippen molar-refractivity contribution in [1.29, 1.82) is 0 Å². The number of aryl methyl sites for hydroxylation is 1. The van der Waals surface area contributed by atoms with Gasteiger partial charge in [0.15, 0.2) is 62.0 Å². The molecule has 0 saturated carbocycles. The number of nitrogens with zero attached hydrogens (tertiary/aromatic N) is 11. The first-order valence-corrected chi connectivity index (χ1v) is 41.1. The van der Waals surface area contributed by atoms with Crippen molar-refractivity contribution in [2.45, 2.75) is 155 Å². The van der Waals surface area contributed by atoms with Crippen molar-refractivity contribution in [1.82, 2.24) is 57.3 Å². The third-order valence-corrected chi connectivity index (χ3v) is 23.1. The van der Waals surface area contributed by atoms with Gasteiger partial charge in [-0.25, -0.2) is 73.5 Å². The van der Waals surface area contributed by atoms with Crippen molar-refractivity contribution >= 4 is 68.2 Å². The Morgan fingerprint density at radius 1 is 0.419 bits per heavy atom. The van der Waals surface area contributed by atoms with E-state index in [-0.39, 0.29) is 11.4 Å². The molecule has 12 heterocycles. The predicted molar refractivity (Wildman–Crippen MR) is 370 cm³/mol. The van der Waals surface area contributed by atoms with Gasteiger partial charge in [0, 0.05) is 49.2 Å². The highest BCUT2D eigenvalue weighted by molar-refractivity contribution is 7.48. The van der Waals surface area contributed by atoms with Crippen LogP contribution in [0.2, 0.25) is 0 Å². The SMILES string of the molecule is Cc1cn([C@H]2C[C@H](OP(=O)(O)OC[C@H]3O[C@@H](n4ccc(N)nc4=O)[C@@H](F)[C@@H]3OP(=O)(O)OC[C@H]3O[C@@H](n4ccc(N)nc4=O)[C@@H](F)[C@@H]3OP(=O)(O)OC[C@H]3O[C@@H](n4ccc(N)nc4=O)[C@@H](F)[C@@H]3OP(=O)(O)OC[C@H]3O[C@@H](n4ccc(N)nc4=O)[C@@H](F)[C@@H]3OP(=O)(O)OC[C@H]3O[C@@H](n4ccc(N)nc4=O)[C@@H](F)[C@@H]3O)[C@@H](CO)O2)c(=O)[nH]c1=O. The second kappa shape index (κ2) is 35.0. The standard InChI is InChI=1S/C55H69F5N17O35P5/c1-20-13-77(55(86)71-44(20)80)33-12-21(22(14-78)102-33)108-113(87,88)98-16-24-40(35(57)46(104-24)73-8-3-29(62)67-51(73)82)110-115(91,92)100-18-26-42(37(59)48(106-26)75-10-5-31(64)69-53(75)84)112-117(95,96)101-19-27-43(38(60)49(107-27)76-11-6-32(65)70-54(76)85)111-116(93,94)99-17-25-41(36(58)47(105-25)74-9-4-30(63)68-52(74)83)109-114(89,90)97-15-23-39(79)34(56)45(103-23)72-7-2-28(61)66-50(72)81/h2-11,13,21-27,33-43,45-49,78-79H,12,14-19H2,1H3,(H,87,88)(H,89,90)(H,91,92)(H,93,94)(H,95,96)(H2,61,66,81)(H2,62,67,82)(H2,63,68,83)(H2,64,69,84)(H2,65,70,85)(H,71,80,86)/t21-,22+,23+,24+,25+,26+,27+,33+,34-,35-,36-,37-,38-,39+,40+,41+,42+,43+,45+,46+,47+,48+,49+/m0/s1. The van der Waals surface area contributed by atoms with E-state index in [4.69, 9.17) is 102 Å². The van der Waals surface area contributed by atoms with E-state index in [0.29, 0.717) is 22.8 Å². The minimum absolute atomic E-state index is 0.0309. The number of anilines is 5. The number of nitrogens with one attached hydrogen (secondary N) is 1. The molecule has 0 amide bonds. The van der Waals surface area contributed by atoms with Crippen LogP contribution in [0.4, 0.5) is 51.0 Å². The molecule has 117 heavy (non-hydrogen) atoms. The number of hydrogen-bond donors (Lipinski definition) is 13. The minimum atomic E-state index is -6.16. The average Bonchev–Trinajstić information content (AvgIpc) is 1.65. The fourth-order valence-electron chi connectivity index (χ4n) is 12.6. The molecule has 644 valence electrons. The Balaban J connectivity index is 0.747. The molecule has 52 nitrogen and oxygen atoms in total. The van der Waals surface area contributed by atoms with Crippen LogP contribution < -0.4 is 68.4 Å². The third-order valence-electron chi connectivity index (χ3n) is 18.1. The molecule has 0 radical (unpaired) electrons. The number of aromatic amines is 1. The Kier molecular flexibility index (Phi) is 26.4. The summed E-state index contributed by atoms with van der Waals surface area (Å²) in [6.07, 6.45) is -48.6. The van der Waals surface area contributed by atoms with E-state index in [1.807, 2.05) is 4.98 Å². The Bertz CT molecular complexity index is 5380. The molecule has 0 spiro atoms. The third kappa shape index (κ3) is 20.0. The zero-order valence-corrected chi connectivity index (χ0v) is 63.5. The van der Waals surface area contributed by atoms with Gasteiger partial charge in [-0.2, -0.15) is 24.9 Å². The summed E-state index contributed by atoms with van der Waals surface area (Å²) in [5, 5.41) is 20.7. The van der Waals surface area contributed by atoms with Gasteiger partial charge in [0.1, 0.15) is 109 Å². The number of aliphatic hydroxyl groups excluding tert-OH is 2.